The number of methoxy groups -OCH3 is 1. The van der Waals surface area contributed by atoms with E-state index in [1.807, 2.05) is 0 Å². The lowest BCUT2D eigenvalue weighted by atomic mass is 10.1. The number of carbonyl (C=O) groups excluding carboxylic acids is 2. The molecule has 0 aliphatic heterocycles. The first-order chi connectivity index (χ1) is 13.9. The summed E-state index contributed by atoms with van der Waals surface area (Å²) < 4.78 is 11.1. The predicted molar refractivity (Wildman–Crippen MR) is 106 cm³/mol. The Hall–Kier alpha value is -3.94. The Morgan fingerprint density at radius 2 is 2.00 bits per heavy atom. The maximum absolute atomic E-state index is 12.6. The molecule has 0 bridgehead atoms. The number of nitrogens with zero attached hydrogens (tertiary/aromatic N) is 2. The van der Waals surface area contributed by atoms with Crippen molar-refractivity contribution in [3.05, 3.63) is 70.3 Å². The molecule has 2 heterocycles. The first-order valence-electron chi connectivity index (χ1n) is 8.60. The van der Waals surface area contributed by atoms with E-state index in [-0.39, 0.29) is 17.9 Å². The summed E-state index contributed by atoms with van der Waals surface area (Å²) in [5.74, 6) is -1.22. The second-order valence-electron chi connectivity index (χ2n) is 6.12. The molecule has 3 aromatic rings. The van der Waals surface area contributed by atoms with Crippen LogP contribution >= 0.6 is 0 Å². The number of esters is 1. The van der Waals surface area contributed by atoms with Crippen molar-refractivity contribution in [3.63, 3.8) is 0 Å². The number of fused-ring (bicyclic) bond motifs is 1. The molecule has 0 aliphatic carbocycles. The highest BCUT2D eigenvalue weighted by atomic mass is 16.6. The summed E-state index contributed by atoms with van der Waals surface area (Å²) in [5, 5.41) is 10.9. The summed E-state index contributed by atoms with van der Waals surface area (Å²) >= 11 is 0. The summed E-state index contributed by atoms with van der Waals surface area (Å²) in [4.78, 5) is 40.3. The number of para-hydroxylation sites is 1. The molecular weight excluding hydrogens is 376 g/mol. The average molecular weight is 394 g/mol. The maximum Gasteiger partial charge on any atom is 0.343 e. The fraction of sp³-hybridized carbons (Fsp3) is 0.143. The molecule has 29 heavy (non-hydrogen) atoms. The zero-order chi connectivity index (χ0) is 21.0. The number of hydrogen-bond acceptors (Lipinski definition) is 7. The topological polar surface area (TPSA) is 108 Å². The van der Waals surface area contributed by atoms with Crippen molar-refractivity contribution in [1.82, 2.24) is 9.55 Å². The Bertz CT molecular complexity index is 1180. The minimum Gasteiger partial charge on any atom is -0.506 e. The van der Waals surface area contributed by atoms with E-state index in [9.17, 15) is 19.5 Å². The molecule has 0 spiro atoms. The molecular formula is C21H18N2O6. The van der Waals surface area contributed by atoms with Gasteiger partial charge in [-0.1, -0.05) is 12.1 Å². The molecule has 1 aromatic carbocycles. The van der Waals surface area contributed by atoms with Crippen LogP contribution in [0.2, 0.25) is 0 Å². The summed E-state index contributed by atoms with van der Waals surface area (Å²) in [5.41, 5.74) is 0.130. The minimum absolute atomic E-state index is 0.273. The van der Waals surface area contributed by atoms with E-state index in [0.29, 0.717) is 22.2 Å². The molecule has 0 amide bonds. The number of allylic oxidation sites excluding steroid dienone is 1. The van der Waals surface area contributed by atoms with Gasteiger partial charge < -0.3 is 19.1 Å². The van der Waals surface area contributed by atoms with Crippen LogP contribution in [0.3, 0.4) is 0 Å². The molecule has 8 nitrogen and oxygen atoms in total. The van der Waals surface area contributed by atoms with E-state index >= 15 is 0 Å². The number of aromatic nitrogens is 2. The van der Waals surface area contributed by atoms with E-state index in [2.05, 4.69) is 9.72 Å². The van der Waals surface area contributed by atoms with Gasteiger partial charge in [0.2, 0.25) is 0 Å². The Kier molecular flexibility index (Phi) is 5.73. The molecule has 0 fully saturated rings. The fourth-order valence-corrected chi connectivity index (χ4v) is 2.76. The summed E-state index contributed by atoms with van der Waals surface area (Å²) in [6, 6.07) is 8.34. The van der Waals surface area contributed by atoms with Crippen molar-refractivity contribution in [2.75, 3.05) is 13.7 Å². The largest absolute Gasteiger partial charge is 0.506 e. The zero-order valence-corrected chi connectivity index (χ0v) is 15.8. The van der Waals surface area contributed by atoms with Crippen molar-refractivity contribution in [2.24, 2.45) is 7.05 Å². The molecule has 0 aliphatic rings. The first kappa shape index (κ1) is 19.8. The van der Waals surface area contributed by atoms with Crippen molar-refractivity contribution >= 4 is 28.7 Å². The SMILES string of the molecule is COC(=O)COc1cncc(C=CC(=O)c2c(O)c3ccccc3n(C)c2=O)c1. The second kappa shape index (κ2) is 8.39. The number of carbonyl (C=O) groups is 2. The number of ketones is 1. The van der Waals surface area contributed by atoms with Crippen LogP contribution in [0.25, 0.3) is 17.0 Å². The van der Waals surface area contributed by atoms with Gasteiger partial charge in [-0.3, -0.25) is 14.6 Å². The van der Waals surface area contributed by atoms with E-state index in [0.717, 1.165) is 0 Å². The standard InChI is InChI=1S/C21H18N2O6/c1-23-16-6-4-3-5-15(16)20(26)19(21(23)27)17(24)8-7-13-9-14(11-22-10-13)29-12-18(25)28-2/h3-11,26H,12H2,1-2H3. The van der Waals surface area contributed by atoms with Crippen LogP contribution in [-0.2, 0) is 16.6 Å². The fourth-order valence-electron chi connectivity index (χ4n) is 2.76. The Morgan fingerprint density at radius 1 is 1.24 bits per heavy atom. The number of aromatic hydroxyl groups is 1. The van der Waals surface area contributed by atoms with Crippen LogP contribution in [-0.4, -0.2) is 40.1 Å². The lowest BCUT2D eigenvalue weighted by Gasteiger charge is -2.09. The van der Waals surface area contributed by atoms with Crippen molar-refractivity contribution in [3.8, 4) is 11.5 Å². The third kappa shape index (κ3) is 4.16. The number of rotatable bonds is 6. The smallest absolute Gasteiger partial charge is 0.343 e. The van der Waals surface area contributed by atoms with Gasteiger partial charge >= 0.3 is 5.97 Å². The van der Waals surface area contributed by atoms with Crippen LogP contribution in [0.1, 0.15) is 15.9 Å². The van der Waals surface area contributed by atoms with Crippen LogP contribution in [0.15, 0.2) is 53.6 Å². The number of benzene rings is 1. The first-order valence-corrected chi connectivity index (χ1v) is 8.60. The maximum atomic E-state index is 12.6. The number of ether oxygens (including phenoxy) is 2. The van der Waals surface area contributed by atoms with Gasteiger partial charge in [-0.15, -0.1) is 0 Å². The molecule has 2 aromatic heterocycles. The van der Waals surface area contributed by atoms with E-state index in [4.69, 9.17) is 4.74 Å². The third-order valence-corrected chi connectivity index (χ3v) is 4.27. The summed E-state index contributed by atoms with van der Waals surface area (Å²) in [6.45, 7) is -0.273. The highest BCUT2D eigenvalue weighted by Gasteiger charge is 2.19. The molecule has 3 rings (SSSR count). The Morgan fingerprint density at radius 3 is 2.76 bits per heavy atom. The van der Waals surface area contributed by atoms with E-state index in [1.54, 1.807) is 30.3 Å². The quantitative estimate of drug-likeness (QED) is 0.387. The van der Waals surface area contributed by atoms with Crippen molar-refractivity contribution < 1.29 is 24.2 Å². The summed E-state index contributed by atoms with van der Waals surface area (Å²) in [6.07, 6.45) is 5.50. The number of hydrogen-bond donors (Lipinski definition) is 1. The molecule has 0 unspecified atom stereocenters. The lowest BCUT2D eigenvalue weighted by molar-refractivity contribution is -0.142. The average Bonchev–Trinajstić information content (AvgIpc) is 2.75. The molecule has 0 saturated carbocycles. The molecule has 0 saturated heterocycles. The van der Waals surface area contributed by atoms with Gasteiger partial charge in [0.25, 0.3) is 5.56 Å². The number of aryl methyl sites for hydroxylation is 1. The van der Waals surface area contributed by atoms with Gasteiger partial charge in [0, 0.05) is 18.6 Å². The van der Waals surface area contributed by atoms with Crippen LogP contribution < -0.4 is 10.3 Å². The van der Waals surface area contributed by atoms with Gasteiger partial charge in [-0.25, -0.2) is 4.79 Å². The molecule has 148 valence electrons. The van der Waals surface area contributed by atoms with Crippen molar-refractivity contribution in [1.29, 1.82) is 0 Å². The van der Waals surface area contributed by atoms with Gasteiger partial charge in [0.05, 0.1) is 18.8 Å². The van der Waals surface area contributed by atoms with Crippen LogP contribution in [0.4, 0.5) is 0 Å². The molecule has 0 atom stereocenters. The minimum atomic E-state index is -0.644. The van der Waals surface area contributed by atoms with Crippen LogP contribution in [0, 0.1) is 0 Å². The van der Waals surface area contributed by atoms with E-state index < -0.39 is 17.3 Å². The third-order valence-electron chi connectivity index (χ3n) is 4.27. The molecule has 1 N–H and O–H groups in total. The highest BCUT2D eigenvalue weighted by Crippen LogP contribution is 2.26. The van der Waals surface area contributed by atoms with Gasteiger partial charge in [-0.05, 0) is 35.9 Å². The molecule has 0 radical (unpaired) electrons. The van der Waals surface area contributed by atoms with Gasteiger partial charge in [-0.2, -0.15) is 0 Å². The van der Waals surface area contributed by atoms with Gasteiger partial charge in [0.1, 0.15) is 17.1 Å². The van der Waals surface area contributed by atoms with Gasteiger partial charge in [0.15, 0.2) is 12.4 Å². The lowest BCUT2D eigenvalue weighted by Crippen LogP contribution is -2.24. The normalized spacial score (nSPS) is 11.0. The zero-order valence-electron chi connectivity index (χ0n) is 15.8. The molecule has 8 heteroatoms. The Labute approximate surface area is 165 Å². The van der Waals surface area contributed by atoms with Crippen LogP contribution in [0.5, 0.6) is 11.5 Å². The highest BCUT2D eigenvalue weighted by molar-refractivity contribution is 6.11. The van der Waals surface area contributed by atoms with E-state index in [1.165, 1.54) is 43.3 Å². The second-order valence-corrected chi connectivity index (χ2v) is 6.12. The number of pyridine rings is 2. The predicted octanol–water partition coefficient (Wildman–Crippen LogP) is 2.09. The monoisotopic (exact) mass is 394 g/mol. The Balaban J connectivity index is 1.88. The van der Waals surface area contributed by atoms with Crippen molar-refractivity contribution in [2.45, 2.75) is 0 Å². The summed E-state index contributed by atoms with van der Waals surface area (Å²) in [7, 11) is 2.79.